The third-order valence-electron chi connectivity index (χ3n) is 6.90. The van der Waals surface area contributed by atoms with E-state index in [1.807, 2.05) is 36.4 Å². The van der Waals surface area contributed by atoms with E-state index >= 15 is 0 Å². The Morgan fingerprint density at radius 2 is 1.56 bits per heavy atom. The SMILES string of the molecule is CCOP(=O)(OCC)C(CCCc1cccc(Oc2ccc(C(C)(C)C)cc2)c1)S(=O)(=O)OC1CCCCC1. The molecule has 2 aromatic rings. The summed E-state index contributed by atoms with van der Waals surface area (Å²) in [6.07, 6.45) is 5.07. The molecular weight excluding hydrogens is 535 g/mol. The molecule has 0 N–H and O–H groups in total. The molecule has 0 aromatic heterocycles. The molecule has 39 heavy (non-hydrogen) atoms. The van der Waals surface area contributed by atoms with E-state index in [1.54, 1.807) is 13.8 Å². The van der Waals surface area contributed by atoms with Crippen molar-refractivity contribution in [1.29, 1.82) is 0 Å². The first-order valence-corrected chi connectivity index (χ1v) is 17.2. The molecule has 0 heterocycles. The van der Waals surface area contributed by atoms with Gasteiger partial charge in [0.15, 0.2) is 4.99 Å². The Kier molecular flexibility index (Phi) is 11.6. The van der Waals surface area contributed by atoms with Gasteiger partial charge in [0.1, 0.15) is 11.5 Å². The van der Waals surface area contributed by atoms with Gasteiger partial charge in [0.05, 0.1) is 19.3 Å². The van der Waals surface area contributed by atoms with Gasteiger partial charge < -0.3 is 13.8 Å². The van der Waals surface area contributed by atoms with Crippen LogP contribution >= 0.6 is 7.60 Å². The molecule has 0 spiro atoms. The average molecular weight is 581 g/mol. The van der Waals surface area contributed by atoms with Crippen LogP contribution in [0.2, 0.25) is 0 Å². The summed E-state index contributed by atoms with van der Waals surface area (Å²) in [5.41, 5.74) is 2.29. The topological polar surface area (TPSA) is 88.1 Å². The highest BCUT2D eigenvalue weighted by Gasteiger charge is 2.46. The molecule has 1 aliphatic rings. The van der Waals surface area contributed by atoms with Crippen molar-refractivity contribution >= 4 is 17.7 Å². The van der Waals surface area contributed by atoms with Crippen LogP contribution in [0.5, 0.6) is 11.5 Å². The Balaban J connectivity index is 1.70. The Hall–Kier alpha value is -1.70. The maximum Gasteiger partial charge on any atom is 0.351 e. The minimum atomic E-state index is -4.18. The van der Waals surface area contributed by atoms with Crippen LogP contribution in [-0.2, 0) is 39.7 Å². The smallest absolute Gasteiger partial charge is 0.351 e. The Bertz CT molecular complexity index is 1170. The first-order valence-electron chi connectivity index (χ1n) is 14.1. The van der Waals surface area contributed by atoms with Crippen LogP contribution in [0.15, 0.2) is 48.5 Å². The molecule has 1 fully saturated rings. The Labute approximate surface area is 235 Å². The molecule has 3 rings (SSSR count). The minimum Gasteiger partial charge on any atom is -0.457 e. The lowest BCUT2D eigenvalue weighted by molar-refractivity contribution is 0.158. The number of aryl methyl sites for hydroxylation is 1. The lowest BCUT2D eigenvalue weighted by Crippen LogP contribution is -2.31. The highest BCUT2D eigenvalue weighted by atomic mass is 32.2. The molecule has 2 aromatic carbocycles. The molecule has 218 valence electrons. The van der Waals surface area contributed by atoms with Crippen LogP contribution < -0.4 is 4.74 Å². The normalized spacial score (nSPS) is 16.2. The Morgan fingerprint density at radius 3 is 2.15 bits per heavy atom. The minimum absolute atomic E-state index is 0.0690. The van der Waals surface area contributed by atoms with Gasteiger partial charge in [0, 0.05) is 0 Å². The molecule has 1 atom stereocenters. The fourth-order valence-corrected chi connectivity index (χ4v) is 9.40. The molecule has 0 radical (unpaired) electrons. The lowest BCUT2D eigenvalue weighted by Gasteiger charge is -2.28. The van der Waals surface area contributed by atoms with Crippen LogP contribution in [0.25, 0.3) is 0 Å². The zero-order valence-corrected chi connectivity index (χ0v) is 25.8. The van der Waals surface area contributed by atoms with Gasteiger partial charge in [0.25, 0.3) is 10.1 Å². The van der Waals surface area contributed by atoms with E-state index in [0.717, 1.165) is 30.6 Å². The fourth-order valence-electron chi connectivity index (χ4n) is 4.84. The summed E-state index contributed by atoms with van der Waals surface area (Å²) in [7, 11) is -8.13. The highest BCUT2D eigenvalue weighted by Crippen LogP contribution is 2.57. The van der Waals surface area contributed by atoms with Crippen LogP contribution in [0, 0.1) is 0 Å². The predicted molar refractivity (Wildman–Crippen MR) is 156 cm³/mol. The third-order valence-corrected chi connectivity index (χ3v) is 12.1. The highest BCUT2D eigenvalue weighted by molar-refractivity contribution is 7.94. The molecule has 1 saturated carbocycles. The summed E-state index contributed by atoms with van der Waals surface area (Å²) in [5.74, 6) is 1.45. The molecule has 0 saturated heterocycles. The van der Waals surface area contributed by atoms with Gasteiger partial charge in [-0.05, 0) is 86.8 Å². The van der Waals surface area contributed by atoms with Gasteiger partial charge in [-0.1, -0.05) is 64.3 Å². The number of benzene rings is 2. The first-order chi connectivity index (χ1) is 18.5. The largest absolute Gasteiger partial charge is 0.457 e. The average Bonchev–Trinajstić information content (AvgIpc) is 2.87. The van der Waals surface area contributed by atoms with E-state index in [0.29, 0.717) is 31.4 Å². The van der Waals surface area contributed by atoms with Crippen molar-refractivity contribution in [2.24, 2.45) is 0 Å². The van der Waals surface area contributed by atoms with Gasteiger partial charge >= 0.3 is 7.60 Å². The Morgan fingerprint density at radius 1 is 0.923 bits per heavy atom. The molecule has 9 heteroatoms. The molecule has 1 unspecified atom stereocenters. The zero-order valence-electron chi connectivity index (χ0n) is 24.1. The number of rotatable bonds is 14. The van der Waals surface area contributed by atoms with E-state index in [4.69, 9.17) is 18.0 Å². The molecule has 0 aliphatic heterocycles. The van der Waals surface area contributed by atoms with Gasteiger partial charge in [-0.15, -0.1) is 0 Å². The van der Waals surface area contributed by atoms with Gasteiger partial charge in [-0.2, -0.15) is 8.42 Å². The number of hydrogen-bond acceptors (Lipinski definition) is 7. The third kappa shape index (κ3) is 9.43. The van der Waals surface area contributed by atoms with Crippen molar-refractivity contribution in [3.63, 3.8) is 0 Å². The maximum absolute atomic E-state index is 13.7. The second kappa shape index (κ2) is 14.3. The van der Waals surface area contributed by atoms with Crippen LogP contribution in [0.1, 0.15) is 90.7 Å². The lowest BCUT2D eigenvalue weighted by atomic mass is 9.87. The van der Waals surface area contributed by atoms with Crippen LogP contribution in [0.3, 0.4) is 0 Å². The van der Waals surface area contributed by atoms with E-state index in [9.17, 15) is 13.0 Å². The first kappa shape index (κ1) is 31.8. The second-order valence-electron chi connectivity index (χ2n) is 11.1. The van der Waals surface area contributed by atoms with Gasteiger partial charge in [-0.3, -0.25) is 8.75 Å². The molecular formula is C30H45O7PS. The summed E-state index contributed by atoms with van der Waals surface area (Å²) in [6.45, 7) is 10.0. The summed E-state index contributed by atoms with van der Waals surface area (Å²) >= 11 is 0. The summed E-state index contributed by atoms with van der Waals surface area (Å²) < 4.78 is 63.1. The van der Waals surface area contributed by atoms with Crippen LogP contribution in [-0.4, -0.2) is 32.7 Å². The monoisotopic (exact) mass is 580 g/mol. The fraction of sp³-hybridized carbons (Fsp3) is 0.600. The quantitative estimate of drug-likeness (QED) is 0.164. The van der Waals surface area contributed by atoms with Gasteiger partial charge in [0.2, 0.25) is 0 Å². The maximum atomic E-state index is 13.7. The molecule has 7 nitrogen and oxygen atoms in total. The van der Waals surface area contributed by atoms with E-state index in [2.05, 4.69) is 32.9 Å². The van der Waals surface area contributed by atoms with E-state index in [-0.39, 0.29) is 31.2 Å². The standard InChI is InChI=1S/C30H45O7PS/c1-6-34-38(31,35-7-2)29(39(32,33)37-27-15-9-8-10-16-27)18-12-14-24-13-11-17-28(23-24)36-26-21-19-25(20-22-26)30(3,4)5/h11,13,17,19-23,27,29H,6-10,12,14-16,18H2,1-5H3. The van der Waals surface area contributed by atoms with E-state index in [1.165, 1.54) is 5.56 Å². The van der Waals surface area contributed by atoms with Crippen molar-refractivity contribution in [2.45, 2.75) is 102 Å². The van der Waals surface area contributed by atoms with Crippen LogP contribution in [0.4, 0.5) is 0 Å². The second-order valence-corrected chi connectivity index (χ2v) is 15.4. The van der Waals surface area contributed by atoms with Crippen molar-refractivity contribution in [3.05, 3.63) is 59.7 Å². The summed E-state index contributed by atoms with van der Waals surface area (Å²) in [6, 6.07) is 15.8. The van der Waals surface area contributed by atoms with Crippen molar-refractivity contribution in [1.82, 2.24) is 0 Å². The zero-order chi connectivity index (χ0) is 28.5. The number of ether oxygens (including phenoxy) is 1. The number of hydrogen-bond donors (Lipinski definition) is 0. The van der Waals surface area contributed by atoms with Crippen molar-refractivity contribution < 1.29 is 31.0 Å². The summed E-state index contributed by atoms with van der Waals surface area (Å²) in [4.78, 5) is -1.37. The van der Waals surface area contributed by atoms with Gasteiger partial charge in [-0.25, -0.2) is 0 Å². The van der Waals surface area contributed by atoms with Crippen molar-refractivity contribution in [2.75, 3.05) is 13.2 Å². The van der Waals surface area contributed by atoms with Crippen molar-refractivity contribution in [3.8, 4) is 11.5 Å². The molecule has 0 amide bonds. The summed E-state index contributed by atoms with van der Waals surface area (Å²) in [5, 5.41) is 0. The predicted octanol–water partition coefficient (Wildman–Crippen LogP) is 8.37. The molecule has 1 aliphatic carbocycles. The van der Waals surface area contributed by atoms with E-state index < -0.39 is 22.7 Å². The molecule has 0 bridgehead atoms.